The lowest BCUT2D eigenvalue weighted by Crippen LogP contribution is -2.04. The summed E-state index contributed by atoms with van der Waals surface area (Å²) in [6.45, 7) is -2.95. The van der Waals surface area contributed by atoms with E-state index in [1.807, 2.05) is 30.3 Å². The van der Waals surface area contributed by atoms with E-state index in [-0.39, 0.29) is 16.5 Å². The highest BCUT2D eigenvalue weighted by Crippen LogP contribution is 2.37. The maximum atomic E-state index is 12.4. The van der Waals surface area contributed by atoms with Gasteiger partial charge in [-0.2, -0.15) is 8.78 Å². The van der Waals surface area contributed by atoms with Crippen LogP contribution < -0.4 is 10.5 Å². The number of thiazole rings is 1. The molecule has 0 aliphatic rings. The number of halogens is 2. The van der Waals surface area contributed by atoms with Crippen molar-refractivity contribution in [3.8, 4) is 17.0 Å². The highest BCUT2D eigenvalue weighted by atomic mass is 32.1. The van der Waals surface area contributed by atoms with Gasteiger partial charge in [0.05, 0.1) is 4.70 Å². The zero-order valence-electron chi connectivity index (χ0n) is 10.1. The number of nitrogens with two attached hydrogens (primary N) is 1. The molecule has 4 nitrogen and oxygen atoms in total. The molecule has 0 atom stereocenters. The van der Waals surface area contributed by atoms with Crippen LogP contribution in [0.4, 0.5) is 13.9 Å². The minimum Gasteiger partial charge on any atom is -0.415 e. The standard InChI is InChI=1S/C13H9F2N3OS/c14-12(15)19-11-9-10(20-13(16)18-9)8(6-17-11)7-4-2-1-3-5-7/h1-6,12H,(H2,16,18). The average molecular weight is 293 g/mol. The molecule has 3 rings (SSSR count). The molecular formula is C13H9F2N3OS. The highest BCUT2D eigenvalue weighted by Gasteiger charge is 2.17. The fourth-order valence-corrected chi connectivity index (χ4v) is 2.76. The molecule has 0 amide bonds. The van der Waals surface area contributed by atoms with E-state index in [0.717, 1.165) is 11.1 Å². The quantitative estimate of drug-likeness (QED) is 0.802. The highest BCUT2D eigenvalue weighted by molar-refractivity contribution is 7.22. The normalized spacial score (nSPS) is 11.2. The number of rotatable bonds is 3. The third-order valence-corrected chi connectivity index (χ3v) is 3.61. The molecule has 0 saturated carbocycles. The lowest BCUT2D eigenvalue weighted by atomic mass is 10.1. The summed E-state index contributed by atoms with van der Waals surface area (Å²) < 4.78 is 29.8. The molecule has 0 saturated heterocycles. The van der Waals surface area contributed by atoms with Crippen LogP contribution in [0.15, 0.2) is 36.5 Å². The van der Waals surface area contributed by atoms with Crippen LogP contribution in [0.1, 0.15) is 0 Å². The molecule has 0 bridgehead atoms. The SMILES string of the molecule is Nc1nc2c(OC(F)F)ncc(-c3ccccc3)c2s1. The molecule has 1 aromatic carbocycles. The van der Waals surface area contributed by atoms with E-state index in [1.165, 1.54) is 17.5 Å². The van der Waals surface area contributed by atoms with Crippen molar-refractivity contribution >= 4 is 26.7 Å². The summed E-state index contributed by atoms with van der Waals surface area (Å²) >= 11 is 1.22. The molecule has 20 heavy (non-hydrogen) atoms. The fraction of sp³-hybridized carbons (Fsp3) is 0.0769. The van der Waals surface area contributed by atoms with Crippen LogP contribution in [0.25, 0.3) is 21.3 Å². The fourth-order valence-electron chi connectivity index (χ4n) is 1.90. The second kappa shape index (κ2) is 5.01. The Morgan fingerprint density at radius 2 is 1.95 bits per heavy atom. The monoisotopic (exact) mass is 293 g/mol. The van der Waals surface area contributed by atoms with Crippen LogP contribution >= 0.6 is 11.3 Å². The molecule has 0 radical (unpaired) electrons. The topological polar surface area (TPSA) is 61.0 Å². The van der Waals surface area contributed by atoms with E-state index >= 15 is 0 Å². The predicted octanol–water partition coefficient (Wildman–Crippen LogP) is 3.54. The van der Waals surface area contributed by atoms with E-state index in [2.05, 4.69) is 14.7 Å². The number of aromatic nitrogens is 2. The van der Waals surface area contributed by atoms with Crippen LogP contribution in [0.2, 0.25) is 0 Å². The number of benzene rings is 1. The zero-order valence-corrected chi connectivity index (χ0v) is 10.9. The molecule has 0 fully saturated rings. The van der Waals surface area contributed by atoms with Crippen molar-refractivity contribution in [2.24, 2.45) is 0 Å². The van der Waals surface area contributed by atoms with Crippen LogP contribution in [-0.4, -0.2) is 16.6 Å². The summed E-state index contributed by atoms with van der Waals surface area (Å²) in [4.78, 5) is 7.95. The van der Waals surface area contributed by atoms with Crippen molar-refractivity contribution in [1.82, 2.24) is 9.97 Å². The van der Waals surface area contributed by atoms with Gasteiger partial charge in [-0.1, -0.05) is 41.7 Å². The number of pyridine rings is 1. The summed E-state index contributed by atoms with van der Waals surface area (Å²) in [5.74, 6) is -0.206. The molecule has 0 aliphatic heterocycles. The number of alkyl halides is 2. The van der Waals surface area contributed by atoms with Crippen molar-refractivity contribution in [3.63, 3.8) is 0 Å². The van der Waals surface area contributed by atoms with Crippen molar-refractivity contribution in [2.45, 2.75) is 6.61 Å². The van der Waals surface area contributed by atoms with Gasteiger partial charge in [0.25, 0.3) is 0 Å². The molecule has 3 aromatic rings. The van der Waals surface area contributed by atoms with E-state index in [0.29, 0.717) is 4.70 Å². The van der Waals surface area contributed by atoms with Gasteiger partial charge < -0.3 is 10.5 Å². The molecule has 2 heterocycles. The Morgan fingerprint density at radius 1 is 1.20 bits per heavy atom. The van der Waals surface area contributed by atoms with Gasteiger partial charge in [-0.05, 0) is 5.56 Å². The molecule has 7 heteroatoms. The first-order valence-electron chi connectivity index (χ1n) is 5.70. The number of nitrogens with zero attached hydrogens (tertiary/aromatic N) is 2. The van der Waals surface area contributed by atoms with Gasteiger partial charge >= 0.3 is 6.61 Å². The van der Waals surface area contributed by atoms with Crippen molar-refractivity contribution in [2.75, 3.05) is 5.73 Å². The predicted molar refractivity (Wildman–Crippen MR) is 73.9 cm³/mol. The summed E-state index contributed by atoms with van der Waals surface area (Å²) in [5, 5.41) is 0.282. The summed E-state index contributed by atoms with van der Waals surface area (Å²) in [6.07, 6.45) is 1.49. The Kier molecular flexibility index (Phi) is 3.19. The van der Waals surface area contributed by atoms with E-state index in [4.69, 9.17) is 5.73 Å². The smallest absolute Gasteiger partial charge is 0.388 e. The summed E-state index contributed by atoms with van der Waals surface area (Å²) in [5.41, 5.74) is 7.63. The molecule has 0 unspecified atom stereocenters. The van der Waals surface area contributed by atoms with Crippen molar-refractivity contribution in [1.29, 1.82) is 0 Å². The molecule has 0 spiro atoms. The molecule has 102 valence electrons. The van der Waals surface area contributed by atoms with E-state index in [1.54, 1.807) is 0 Å². The van der Waals surface area contributed by atoms with Crippen LogP contribution in [0.3, 0.4) is 0 Å². The minimum absolute atomic E-state index is 0.206. The van der Waals surface area contributed by atoms with Gasteiger partial charge in [-0.25, -0.2) is 9.97 Å². The Hall–Kier alpha value is -2.28. The summed E-state index contributed by atoms with van der Waals surface area (Å²) in [6, 6.07) is 9.47. The Morgan fingerprint density at radius 3 is 2.65 bits per heavy atom. The molecule has 2 aromatic heterocycles. The lowest BCUT2D eigenvalue weighted by Gasteiger charge is -2.06. The minimum atomic E-state index is -2.95. The molecule has 0 aliphatic carbocycles. The van der Waals surface area contributed by atoms with Gasteiger partial charge in [-0.3, -0.25) is 0 Å². The average Bonchev–Trinajstić information content (AvgIpc) is 2.81. The van der Waals surface area contributed by atoms with Crippen molar-refractivity contribution in [3.05, 3.63) is 36.5 Å². The van der Waals surface area contributed by atoms with Gasteiger partial charge in [0.15, 0.2) is 5.13 Å². The number of hydrogen-bond donors (Lipinski definition) is 1. The zero-order chi connectivity index (χ0) is 14.1. The number of ether oxygens (including phenoxy) is 1. The number of hydrogen-bond acceptors (Lipinski definition) is 5. The number of anilines is 1. The first-order chi connectivity index (χ1) is 9.65. The third kappa shape index (κ3) is 2.27. The maximum Gasteiger partial charge on any atom is 0.388 e. The van der Waals surface area contributed by atoms with E-state index < -0.39 is 6.61 Å². The lowest BCUT2D eigenvalue weighted by molar-refractivity contribution is -0.0518. The largest absolute Gasteiger partial charge is 0.415 e. The third-order valence-electron chi connectivity index (χ3n) is 2.69. The van der Waals surface area contributed by atoms with Gasteiger partial charge in [-0.15, -0.1) is 0 Å². The first kappa shape index (κ1) is 12.7. The first-order valence-corrected chi connectivity index (χ1v) is 6.52. The van der Waals surface area contributed by atoms with Crippen LogP contribution in [0.5, 0.6) is 5.88 Å². The number of fused-ring (bicyclic) bond motifs is 1. The molecule has 2 N–H and O–H groups in total. The van der Waals surface area contributed by atoms with Gasteiger partial charge in [0.1, 0.15) is 5.52 Å². The van der Waals surface area contributed by atoms with Gasteiger partial charge in [0.2, 0.25) is 5.88 Å². The maximum absolute atomic E-state index is 12.4. The van der Waals surface area contributed by atoms with Crippen LogP contribution in [-0.2, 0) is 0 Å². The molecular weight excluding hydrogens is 284 g/mol. The number of nitrogen functional groups attached to an aromatic ring is 1. The van der Waals surface area contributed by atoms with Gasteiger partial charge in [0, 0.05) is 11.8 Å². The van der Waals surface area contributed by atoms with Crippen molar-refractivity contribution < 1.29 is 13.5 Å². The van der Waals surface area contributed by atoms with Crippen LogP contribution in [0, 0.1) is 0 Å². The summed E-state index contributed by atoms with van der Waals surface area (Å²) in [7, 11) is 0. The van der Waals surface area contributed by atoms with E-state index in [9.17, 15) is 8.78 Å². The Labute approximate surface area is 116 Å². The second-order valence-electron chi connectivity index (χ2n) is 3.95. The Bertz CT molecular complexity index is 746. The second-order valence-corrected chi connectivity index (χ2v) is 4.98. The Balaban J connectivity index is 2.21.